The lowest BCUT2D eigenvalue weighted by atomic mass is 10.1. The van der Waals surface area contributed by atoms with E-state index in [0.717, 1.165) is 17.3 Å². The number of carbonyl (C=O) groups is 2. The van der Waals surface area contributed by atoms with Crippen LogP contribution in [0.4, 0.5) is 11.5 Å². The highest BCUT2D eigenvalue weighted by molar-refractivity contribution is 7.99. The molecule has 1 heterocycles. The second kappa shape index (κ2) is 7.59. The first kappa shape index (κ1) is 16.8. The maximum absolute atomic E-state index is 11.9. The molecule has 0 atom stereocenters. The molecule has 1 aromatic heterocycles. The zero-order valence-electron chi connectivity index (χ0n) is 12.5. The van der Waals surface area contributed by atoms with Crippen LogP contribution in [0.15, 0.2) is 40.3 Å². The molecule has 0 aliphatic heterocycles. The van der Waals surface area contributed by atoms with Crippen molar-refractivity contribution in [3.63, 3.8) is 0 Å². The second-order valence-corrected chi connectivity index (χ2v) is 5.85. The number of benzene rings is 1. The number of nitrogens with one attached hydrogen (secondary N) is 2. The molecule has 0 fully saturated rings. The molecular formula is C15H16N4O3S. The molecule has 23 heavy (non-hydrogen) atoms. The Morgan fingerprint density at radius 3 is 2.61 bits per heavy atom. The number of aromatic amines is 1. The molecule has 0 spiro atoms. The molecule has 2 rings (SSSR count). The lowest BCUT2D eigenvalue weighted by Gasteiger charge is -2.06. The van der Waals surface area contributed by atoms with Crippen molar-refractivity contribution in [2.75, 3.05) is 16.8 Å². The lowest BCUT2D eigenvalue weighted by Crippen LogP contribution is -2.15. The van der Waals surface area contributed by atoms with Crippen molar-refractivity contribution in [1.82, 2.24) is 9.97 Å². The fraction of sp³-hybridized carbons (Fsp3) is 0.200. The molecule has 7 nitrogen and oxygen atoms in total. The fourth-order valence-corrected chi connectivity index (χ4v) is 2.53. The van der Waals surface area contributed by atoms with Crippen molar-refractivity contribution in [3.8, 4) is 0 Å². The number of aromatic nitrogens is 2. The van der Waals surface area contributed by atoms with Crippen LogP contribution in [0.25, 0.3) is 0 Å². The summed E-state index contributed by atoms with van der Waals surface area (Å²) in [4.78, 5) is 40.6. The minimum atomic E-state index is -0.360. The summed E-state index contributed by atoms with van der Waals surface area (Å²) in [6.45, 7) is 1.53. The van der Waals surface area contributed by atoms with Crippen LogP contribution in [-0.2, 0) is 16.0 Å². The average molecular weight is 332 g/mol. The number of nitrogen functional groups attached to an aromatic ring is 1. The van der Waals surface area contributed by atoms with E-state index < -0.39 is 0 Å². The summed E-state index contributed by atoms with van der Waals surface area (Å²) in [5.74, 6) is 0.0422. The van der Waals surface area contributed by atoms with Crippen LogP contribution in [0.5, 0.6) is 0 Å². The molecule has 0 unspecified atom stereocenters. The molecule has 8 heteroatoms. The maximum Gasteiger partial charge on any atom is 0.253 e. The number of ketones is 1. The first-order valence-electron chi connectivity index (χ1n) is 6.80. The van der Waals surface area contributed by atoms with E-state index in [1.807, 2.05) is 0 Å². The standard InChI is InChI=1S/C15H16N4O3S/c1-9(20)6-10-2-4-11(5-3-10)17-14(22)8-23-15-18-12(16)7-13(21)19-15/h2-5,7H,6,8H2,1H3,(H,17,22)(H3,16,18,19,21). The average Bonchev–Trinajstić information content (AvgIpc) is 2.46. The summed E-state index contributed by atoms with van der Waals surface area (Å²) in [5, 5.41) is 3.02. The highest BCUT2D eigenvalue weighted by Gasteiger charge is 2.06. The smallest absolute Gasteiger partial charge is 0.253 e. The van der Waals surface area contributed by atoms with E-state index in [4.69, 9.17) is 5.73 Å². The highest BCUT2D eigenvalue weighted by Crippen LogP contribution is 2.14. The van der Waals surface area contributed by atoms with E-state index >= 15 is 0 Å². The Morgan fingerprint density at radius 2 is 2.00 bits per heavy atom. The van der Waals surface area contributed by atoms with Crippen molar-refractivity contribution in [2.45, 2.75) is 18.5 Å². The fourth-order valence-electron chi connectivity index (χ4n) is 1.85. The predicted octanol–water partition coefficient (Wildman–Crippen LogP) is 1.21. The van der Waals surface area contributed by atoms with Crippen molar-refractivity contribution < 1.29 is 9.59 Å². The van der Waals surface area contributed by atoms with Crippen molar-refractivity contribution in [3.05, 3.63) is 46.2 Å². The van der Waals surface area contributed by atoms with Crippen LogP contribution in [0.1, 0.15) is 12.5 Å². The molecule has 4 N–H and O–H groups in total. The summed E-state index contributed by atoms with van der Waals surface area (Å²) < 4.78 is 0. The molecule has 2 aromatic rings. The molecule has 1 aromatic carbocycles. The molecule has 0 radical (unpaired) electrons. The minimum absolute atomic E-state index is 0.0849. The Bertz CT molecular complexity index is 771. The molecule has 120 valence electrons. The van der Waals surface area contributed by atoms with Crippen LogP contribution >= 0.6 is 11.8 Å². The monoisotopic (exact) mass is 332 g/mol. The van der Waals surface area contributed by atoms with Crippen molar-refractivity contribution in [2.24, 2.45) is 0 Å². The first-order valence-corrected chi connectivity index (χ1v) is 7.79. The number of hydrogen-bond donors (Lipinski definition) is 3. The van der Waals surface area contributed by atoms with Crippen molar-refractivity contribution >= 4 is 35.0 Å². The molecule has 1 amide bonds. The third-order valence-corrected chi connectivity index (χ3v) is 3.64. The molecule has 0 saturated carbocycles. The zero-order chi connectivity index (χ0) is 16.8. The van der Waals surface area contributed by atoms with Gasteiger partial charge in [0.25, 0.3) is 5.56 Å². The van der Waals surface area contributed by atoms with Gasteiger partial charge in [0, 0.05) is 18.2 Å². The van der Waals surface area contributed by atoms with Gasteiger partial charge in [-0.3, -0.25) is 14.4 Å². The van der Waals surface area contributed by atoms with Gasteiger partial charge in [0.2, 0.25) is 5.91 Å². The van der Waals surface area contributed by atoms with E-state index in [9.17, 15) is 14.4 Å². The number of thioether (sulfide) groups is 1. The Labute approximate surface area is 136 Å². The summed E-state index contributed by atoms with van der Waals surface area (Å²) in [6, 6.07) is 8.23. The SMILES string of the molecule is CC(=O)Cc1ccc(NC(=O)CSc2nc(N)cc(=O)[nH]2)cc1. The third kappa shape index (κ3) is 5.59. The number of Topliss-reactive ketones (excluding diaryl/α,β-unsaturated/α-hetero) is 1. The van der Waals surface area contributed by atoms with Gasteiger partial charge in [0.15, 0.2) is 5.16 Å². The first-order chi connectivity index (χ1) is 10.9. The van der Waals surface area contributed by atoms with Gasteiger partial charge >= 0.3 is 0 Å². The normalized spacial score (nSPS) is 10.3. The minimum Gasteiger partial charge on any atom is -0.383 e. The number of carbonyl (C=O) groups excluding carboxylic acids is 2. The number of hydrogen-bond acceptors (Lipinski definition) is 6. The largest absolute Gasteiger partial charge is 0.383 e. The zero-order valence-corrected chi connectivity index (χ0v) is 13.3. The highest BCUT2D eigenvalue weighted by atomic mass is 32.2. The quantitative estimate of drug-likeness (QED) is 0.540. The van der Waals surface area contributed by atoms with E-state index in [-0.39, 0.29) is 28.8 Å². The van der Waals surface area contributed by atoms with Gasteiger partial charge in [0.1, 0.15) is 11.6 Å². The number of nitrogens with two attached hydrogens (primary N) is 1. The van der Waals surface area contributed by atoms with Gasteiger partial charge in [0.05, 0.1) is 5.75 Å². The summed E-state index contributed by atoms with van der Waals surface area (Å²) in [5.41, 5.74) is 6.64. The van der Waals surface area contributed by atoms with Gasteiger partial charge in [-0.25, -0.2) is 4.98 Å². The molecule has 0 saturated heterocycles. The van der Waals surface area contributed by atoms with Gasteiger partial charge in [-0.2, -0.15) is 0 Å². The van der Waals surface area contributed by atoms with Crippen LogP contribution in [0, 0.1) is 0 Å². The van der Waals surface area contributed by atoms with Crippen molar-refractivity contribution in [1.29, 1.82) is 0 Å². The number of nitrogens with zero attached hydrogens (tertiary/aromatic N) is 1. The predicted molar refractivity (Wildman–Crippen MR) is 89.5 cm³/mol. The van der Waals surface area contributed by atoms with E-state index in [0.29, 0.717) is 17.3 Å². The third-order valence-electron chi connectivity index (χ3n) is 2.77. The summed E-state index contributed by atoms with van der Waals surface area (Å²) >= 11 is 1.08. The molecular weight excluding hydrogens is 316 g/mol. The Kier molecular flexibility index (Phi) is 5.53. The lowest BCUT2D eigenvalue weighted by molar-refractivity contribution is -0.116. The van der Waals surface area contributed by atoms with Gasteiger partial charge < -0.3 is 16.0 Å². The topological polar surface area (TPSA) is 118 Å². The van der Waals surface area contributed by atoms with Crippen LogP contribution in [0.2, 0.25) is 0 Å². The molecule has 0 aliphatic rings. The van der Waals surface area contributed by atoms with Gasteiger partial charge in [-0.15, -0.1) is 0 Å². The Balaban J connectivity index is 1.89. The van der Waals surface area contributed by atoms with Crippen LogP contribution in [0.3, 0.4) is 0 Å². The maximum atomic E-state index is 11.9. The summed E-state index contributed by atoms with van der Waals surface area (Å²) in [7, 11) is 0. The van der Waals surface area contributed by atoms with Crippen LogP contribution < -0.4 is 16.6 Å². The molecule has 0 aliphatic carbocycles. The number of rotatable bonds is 6. The Hall–Kier alpha value is -2.61. The van der Waals surface area contributed by atoms with Crippen LogP contribution in [-0.4, -0.2) is 27.4 Å². The Morgan fingerprint density at radius 1 is 1.30 bits per heavy atom. The van der Waals surface area contributed by atoms with E-state index in [1.54, 1.807) is 24.3 Å². The number of H-pyrrole nitrogens is 1. The molecule has 0 bridgehead atoms. The summed E-state index contributed by atoms with van der Waals surface area (Å²) in [6.07, 6.45) is 0.374. The van der Waals surface area contributed by atoms with E-state index in [2.05, 4.69) is 15.3 Å². The second-order valence-electron chi connectivity index (χ2n) is 4.89. The number of amides is 1. The van der Waals surface area contributed by atoms with Gasteiger partial charge in [-0.05, 0) is 24.6 Å². The van der Waals surface area contributed by atoms with Gasteiger partial charge in [-0.1, -0.05) is 23.9 Å². The van der Waals surface area contributed by atoms with E-state index in [1.165, 1.54) is 13.0 Å². The number of anilines is 2.